The first kappa shape index (κ1) is 21.3. The molecule has 1 N–H and O–H groups in total. The lowest BCUT2D eigenvalue weighted by Gasteiger charge is -2.17. The van der Waals surface area contributed by atoms with Crippen LogP contribution in [0.2, 0.25) is 0 Å². The van der Waals surface area contributed by atoms with E-state index in [4.69, 9.17) is 0 Å². The summed E-state index contributed by atoms with van der Waals surface area (Å²) in [5.74, 6) is 0.731. The zero-order chi connectivity index (χ0) is 21.2. The molecule has 29 heavy (non-hydrogen) atoms. The predicted octanol–water partition coefficient (Wildman–Crippen LogP) is 4.89. The Morgan fingerprint density at radius 2 is 1.83 bits per heavy atom. The van der Waals surface area contributed by atoms with Gasteiger partial charge in [-0.3, -0.25) is 9.59 Å². The predicted molar refractivity (Wildman–Crippen MR) is 118 cm³/mol. The molecule has 0 aliphatic carbocycles. The molecule has 1 amide bonds. The van der Waals surface area contributed by atoms with Crippen LogP contribution in [-0.2, 0) is 11.8 Å². The molecule has 0 saturated carbocycles. The van der Waals surface area contributed by atoms with Crippen LogP contribution in [0.4, 0.5) is 5.69 Å². The lowest BCUT2D eigenvalue weighted by Crippen LogP contribution is -2.27. The van der Waals surface area contributed by atoms with Gasteiger partial charge in [0.2, 0.25) is 5.91 Å². The number of carbonyl (C=O) groups excluding carboxylic acids is 2. The van der Waals surface area contributed by atoms with E-state index in [1.54, 1.807) is 35.6 Å². The topological polar surface area (TPSA) is 76.9 Å². The summed E-state index contributed by atoms with van der Waals surface area (Å²) < 4.78 is 1.91. The molecule has 1 aromatic carbocycles. The quantitative estimate of drug-likeness (QED) is 0.447. The first-order chi connectivity index (χ1) is 13.7. The van der Waals surface area contributed by atoms with Gasteiger partial charge in [-0.1, -0.05) is 38.6 Å². The summed E-state index contributed by atoms with van der Waals surface area (Å²) in [5, 5.41) is 13.7. The standard InChI is InChI=1S/C21H24N4O2S2/c1-13(29-20-24-23-18(25(20)5)16-7-6-12-28-16)17(26)14-8-10-15(11-9-14)22-19(27)21(2,3)4/h6-13H,1-5H3,(H,22,27). The maximum atomic E-state index is 12.8. The van der Waals surface area contributed by atoms with E-state index < -0.39 is 5.41 Å². The summed E-state index contributed by atoms with van der Waals surface area (Å²) in [5.41, 5.74) is 0.799. The zero-order valence-electron chi connectivity index (χ0n) is 17.1. The second-order valence-electron chi connectivity index (χ2n) is 7.75. The highest BCUT2D eigenvalue weighted by Gasteiger charge is 2.23. The second kappa shape index (κ2) is 8.51. The van der Waals surface area contributed by atoms with Gasteiger partial charge < -0.3 is 9.88 Å². The van der Waals surface area contributed by atoms with Crippen LogP contribution in [0, 0.1) is 5.41 Å². The molecule has 152 valence electrons. The van der Waals surface area contributed by atoms with Crippen LogP contribution in [-0.4, -0.2) is 31.7 Å². The van der Waals surface area contributed by atoms with Gasteiger partial charge in [0.15, 0.2) is 16.8 Å². The molecular weight excluding hydrogens is 404 g/mol. The van der Waals surface area contributed by atoms with Crippen molar-refractivity contribution in [2.75, 3.05) is 5.32 Å². The molecule has 3 rings (SSSR count). The van der Waals surface area contributed by atoms with Crippen molar-refractivity contribution in [1.82, 2.24) is 14.8 Å². The highest BCUT2D eigenvalue weighted by molar-refractivity contribution is 8.00. The number of rotatable bonds is 6. The SMILES string of the molecule is CC(Sc1nnc(-c2cccs2)n1C)C(=O)c1ccc(NC(=O)C(C)(C)C)cc1. The van der Waals surface area contributed by atoms with Crippen LogP contribution in [0.15, 0.2) is 46.9 Å². The third-order valence-corrected chi connectivity index (χ3v) is 6.34. The molecule has 0 fully saturated rings. The molecule has 6 nitrogen and oxygen atoms in total. The van der Waals surface area contributed by atoms with E-state index >= 15 is 0 Å². The maximum absolute atomic E-state index is 12.8. The van der Waals surface area contributed by atoms with Crippen molar-refractivity contribution >= 4 is 40.5 Å². The molecular formula is C21H24N4O2S2. The fourth-order valence-electron chi connectivity index (χ4n) is 2.52. The number of thiophene rings is 1. The Morgan fingerprint density at radius 1 is 1.14 bits per heavy atom. The van der Waals surface area contributed by atoms with Crippen LogP contribution >= 0.6 is 23.1 Å². The summed E-state index contributed by atoms with van der Waals surface area (Å²) in [7, 11) is 1.90. The van der Waals surface area contributed by atoms with Crippen molar-refractivity contribution in [3.8, 4) is 10.7 Å². The monoisotopic (exact) mass is 428 g/mol. The van der Waals surface area contributed by atoms with E-state index in [0.717, 1.165) is 10.7 Å². The highest BCUT2D eigenvalue weighted by Crippen LogP contribution is 2.29. The van der Waals surface area contributed by atoms with Gasteiger partial charge in [0.1, 0.15) is 0 Å². The lowest BCUT2D eigenvalue weighted by molar-refractivity contribution is -0.123. The summed E-state index contributed by atoms with van der Waals surface area (Å²) in [6.07, 6.45) is 0. The Balaban J connectivity index is 1.67. The van der Waals surface area contributed by atoms with E-state index in [1.165, 1.54) is 11.8 Å². The third kappa shape index (κ3) is 4.94. The van der Waals surface area contributed by atoms with Crippen LogP contribution < -0.4 is 5.32 Å². The molecule has 0 saturated heterocycles. The smallest absolute Gasteiger partial charge is 0.229 e. The molecule has 2 heterocycles. The van der Waals surface area contributed by atoms with Gasteiger partial charge in [-0.15, -0.1) is 21.5 Å². The van der Waals surface area contributed by atoms with Crippen molar-refractivity contribution in [2.24, 2.45) is 12.5 Å². The number of nitrogens with zero attached hydrogens (tertiary/aromatic N) is 3. The Morgan fingerprint density at radius 3 is 2.41 bits per heavy atom. The lowest BCUT2D eigenvalue weighted by atomic mass is 9.95. The first-order valence-corrected chi connectivity index (χ1v) is 11.0. The average Bonchev–Trinajstić information content (AvgIpc) is 3.31. The summed E-state index contributed by atoms with van der Waals surface area (Å²) in [6.45, 7) is 7.43. The van der Waals surface area contributed by atoms with Gasteiger partial charge in [-0.05, 0) is 42.6 Å². The molecule has 8 heteroatoms. The van der Waals surface area contributed by atoms with Gasteiger partial charge in [-0.25, -0.2) is 0 Å². The molecule has 1 atom stereocenters. The number of benzene rings is 1. The summed E-state index contributed by atoms with van der Waals surface area (Å²) in [6, 6.07) is 11.0. The van der Waals surface area contributed by atoms with Gasteiger partial charge >= 0.3 is 0 Å². The number of thioether (sulfide) groups is 1. The number of aromatic nitrogens is 3. The van der Waals surface area contributed by atoms with Crippen LogP contribution in [0.5, 0.6) is 0 Å². The van der Waals surface area contributed by atoms with E-state index in [0.29, 0.717) is 16.4 Å². The van der Waals surface area contributed by atoms with E-state index in [1.807, 2.05) is 56.8 Å². The molecule has 0 aliphatic heterocycles. The largest absolute Gasteiger partial charge is 0.326 e. The van der Waals surface area contributed by atoms with Crippen LogP contribution in [0.1, 0.15) is 38.1 Å². The molecule has 0 radical (unpaired) electrons. The fourth-order valence-corrected chi connectivity index (χ4v) is 4.16. The minimum Gasteiger partial charge on any atom is -0.326 e. The Labute approximate surface area is 178 Å². The third-order valence-electron chi connectivity index (χ3n) is 4.34. The zero-order valence-corrected chi connectivity index (χ0v) is 18.7. The fraction of sp³-hybridized carbons (Fsp3) is 0.333. The summed E-state index contributed by atoms with van der Waals surface area (Å²) >= 11 is 2.99. The van der Waals surface area contributed by atoms with Crippen molar-refractivity contribution in [3.05, 3.63) is 47.3 Å². The molecule has 0 bridgehead atoms. The number of amides is 1. The Hall–Kier alpha value is -2.45. The van der Waals surface area contributed by atoms with E-state index in [2.05, 4.69) is 15.5 Å². The van der Waals surface area contributed by atoms with Gasteiger partial charge in [0.05, 0.1) is 10.1 Å². The van der Waals surface area contributed by atoms with Gasteiger partial charge in [0.25, 0.3) is 0 Å². The van der Waals surface area contributed by atoms with Gasteiger partial charge in [-0.2, -0.15) is 0 Å². The Kier molecular flexibility index (Phi) is 6.24. The van der Waals surface area contributed by atoms with Crippen molar-refractivity contribution in [2.45, 2.75) is 38.1 Å². The normalized spacial score (nSPS) is 12.6. The maximum Gasteiger partial charge on any atom is 0.229 e. The number of hydrogen-bond donors (Lipinski definition) is 1. The van der Waals surface area contributed by atoms with E-state index in [9.17, 15) is 9.59 Å². The van der Waals surface area contributed by atoms with Crippen molar-refractivity contribution in [3.63, 3.8) is 0 Å². The number of Topliss-reactive ketones (excluding diaryl/α,β-unsaturated/α-hetero) is 1. The average molecular weight is 429 g/mol. The summed E-state index contributed by atoms with van der Waals surface area (Å²) in [4.78, 5) is 26.0. The molecule has 0 aliphatic rings. The van der Waals surface area contributed by atoms with Crippen LogP contribution in [0.25, 0.3) is 10.7 Å². The van der Waals surface area contributed by atoms with Gasteiger partial charge in [0, 0.05) is 23.7 Å². The van der Waals surface area contributed by atoms with Crippen molar-refractivity contribution in [1.29, 1.82) is 0 Å². The number of ketones is 1. The first-order valence-electron chi connectivity index (χ1n) is 9.22. The molecule has 3 aromatic rings. The minimum atomic E-state index is -0.474. The molecule has 2 aromatic heterocycles. The number of nitrogens with one attached hydrogen (secondary N) is 1. The molecule has 0 spiro atoms. The minimum absolute atomic E-state index is 0.00405. The highest BCUT2D eigenvalue weighted by atomic mass is 32.2. The Bertz CT molecular complexity index is 1000. The van der Waals surface area contributed by atoms with Crippen molar-refractivity contribution < 1.29 is 9.59 Å². The number of anilines is 1. The molecule has 1 unspecified atom stereocenters. The second-order valence-corrected chi connectivity index (χ2v) is 10.0. The number of carbonyl (C=O) groups is 2. The van der Waals surface area contributed by atoms with Crippen LogP contribution in [0.3, 0.4) is 0 Å². The number of hydrogen-bond acceptors (Lipinski definition) is 6. The van der Waals surface area contributed by atoms with E-state index in [-0.39, 0.29) is 16.9 Å².